The molecule has 1 fully saturated rings. The van der Waals surface area contributed by atoms with Gasteiger partial charge in [-0.1, -0.05) is 37.3 Å². The van der Waals surface area contributed by atoms with Crippen molar-refractivity contribution in [2.24, 2.45) is 4.99 Å². The second-order valence-electron chi connectivity index (χ2n) is 6.23. The third-order valence-corrected chi connectivity index (χ3v) is 5.09. The number of amides is 1. The van der Waals surface area contributed by atoms with Crippen LogP contribution in [0, 0.1) is 0 Å². The van der Waals surface area contributed by atoms with Gasteiger partial charge in [-0.15, -0.1) is 0 Å². The Labute approximate surface area is 174 Å². The smallest absolute Gasteiger partial charge is 0.343 e. The van der Waals surface area contributed by atoms with Gasteiger partial charge in [0.2, 0.25) is 0 Å². The number of hydrogen-bond acceptors (Lipinski definition) is 6. The predicted octanol–water partition coefficient (Wildman–Crippen LogP) is 4.25. The molecule has 0 aliphatic carbocycles. The van der Waals surface area contributed by atoms with Gasteiger partial charge in [-0.25, -0.2) is 9.79 Å². The van der Waals surface area contributed by atoms with Crippen LogP contribution >= 0.6 is 11.8 Å². The van der Waals surface area contributed by atoms with Crippen LogP contribution in [-0.2, 0) is 14.3 Å². The molecular formula is C22H22N2O4S. The summed E-state index contributed by atoms with van der Waals surface area (Å²) in [5, 5.41) is 0.687. The Kier molecular flexibility index (Phi) is 7.08. The normalized spacial score (nSPS) is 16.5. The molecule has 1 aliphatic rings. The van der Waals surface area contributed by atoms with Crippen molar-refractivity contribution < 1.29 is 19.1 Å². The van der Waals surface area contributed by atoms with Gasteiger partial charge in [0.05, 0.1) is 17.7 Å². The molecule has 3 rings (SSSR count). The van der Waals surface area contributed by atoms with E-state index in [4.69, 9.17) is 4.74 Å². The number of benzene rings is 2. The lowest BCUT2D eigenvalue weighted by molar-refractivity contribution is -0.142. The van der Waals surface area contributed by atoms with Crippen molar-refractivity contribution in [3.8, 4) is 5.75 Å². The van der Waals surface area contributed by atoms with Gasteiger partial charge < -0.3 is 9.47 Å². The standard InChI is InChI=1S/C22H22N2O4S/c1-3-13-24-21(26)19(29-22(24)23-17-7-5-4-6-8-17)14-16-9-11-18(12-10-16)28-15-20(25)27-2/h4-12,14H,3,13,15H2,1-2H3/b19-14+,23-22?. The first kappa shape index (κ1) is 20.7. The molecule has 1 aliphatic heterocycles. The highest BCUT2D eigenvalue weighted by atomic mass is 32.2. The Balaban J connectivity index is 1.77. The highest BCUT2D eigenvalue weighted by Crippen LogP contribution is 2.34. The van der Waals surface area contributed by atoms with Crippen LogP contribution in [0.25, 0.3) is 6.08 Å². The SMILES string of the molecule is CCCN1C(=O)/C(=C\c2ccc(OCC(=O)OC)cc2)SC1=Nc1ccccc1. The average molecular weight is 410 g/mol. The summed E-state index contributed by atoms with van der Waals surface area (Å²) < 4.78 is 9.89. The summed E-state index contributed by atoms with van der Waals surface area (Å²) in [7, 11) is 1.31. The van der Waals surface area contributed by atoms with E-state index in [2.05, 4.69) is 9.73 Å². The maximum atomic E-state index is 12.9. The first-order valence-corrected chi connectivity index (χ1v) is 10.1. The molecule has 0 atom stereocenters. The molecule has 1 saturated heterocycles. The molecule has 2 aromatic rings. The molecule has 7 heteroatoms. The molecule has 0 N–H and O–H groups in total. The van der Waals surface area contributed by atoms with Gasteiger partial charge in [0.25, 0.3) is 5.91 Å². The van der Waals surface area contributed by atoms with E-state index in [9.17, 15) is 9.59 Å². The quantitative estimate of drug-likeness (QED) is 0.504. The summed E-state index contributed by atoms with van der Waals surface area (Å²) in [5.41, 5.74) is 1.68. The molecule has 0 bridgehead atoms. The second-order valence-corrected chi connectivity index (χ2v) is 7.24. The highest BCUT2D eigenvalue weighted by Gasteiger charge is 2.32. The van der Waals surface area contributed by atoms with Gasteiger partial charge in [0, 0.05) is 6.54 Å². The lowest BCUT2D eigenvalue weighted by Crippen LogP contribution is -2.29. The average Bonchev–Trinajstić information content (AvgIpc) is 3.03. The maximum absolute atomic E-state index is 12.9. The van der Waals surface area contributed by atoms with E-state index in [0.29, 0.717) is 22.4 Å². The van der Waals surface area contributed by atoms with Crippen molar-refractivity contribution in [1.82, 2.24) is 4.90 Å². The zero-order chi connectivity index (χ0) is 20.6. The summed E-state index contributed by atoms with van der Waals surface area (Å²) in [6.07, 6.45) is 2.69. The Morgan fingerprint density at radius 3 is 2.52 bits per heavy atom. The van der Waals surface area contributed by atoms with Gasteiger partial charge in [-0.05, 0) is 54.1 Å². The number of ether oxygens (including phenoxy) is 2. The second kappa shape index (κ2) is 9.93. The van der Waals surface area contributed by atoms with E-state index in [0.717, 1.165) is 17.7 Å². The molecule has 0 unspecified atom stereocenters. The number of rotatable bonds is 7. The van der Waals surface area contributed by atoms with Gasteiger partial charge >= 0.3 is 5.97 Å². The number of thioether (sulfide) groups is 1. The van der Waals surface area contributed by atoms with Crippen LogP contribution in [0.1, 0.15) is 18.9 Å². The van der Waals surface area contributed by atoms with Crippen molar-refractivity contribution in [2.45, 2.75) is 13.3 Å². The maximum Gasteiger partial charge on any atom is 0.343 e. The van der Waals surface area contributed by atoms with Crippen LogP contribution in [0.2, 0.25) is 0 Å². The molecule has 0 saturated carbocycles. The van der Waals surface area contributed by atoms with Crippen LogP contribution in [0.4, 0.5) is 5.69 Å². The topological polar surface area (TPSA) is 68.2 Å². The number of carbonyl (C=O) groups is 2. The summed E-state index contributed by atoms with van der Waals surface area (Å²) in [4.78, 5) is 31.0. The highest BCUT2D eigenvalue weighted by molar-refractivity contribution is 8.18. The largest absolute Gasteiger partial charge is 0.482 e. The van der Waals surface area contributed by atoms with Crippen LogP contribution in [0.15, 0.2) is 64.5 Å². The van der Waals surface area contributed by atoms with Gasteiger partial charge in [0.15, 0.2) is 11.8 Å². The van der Waals surface area contributed by atoms with Crippen molar-refractivity contribution in [3.63, 3.8) is 0 Å². The summed E-state index contributed by atoms with van der Waals surface area (Å²) in [6.45, 7) is 2.51. The number of amidine groups is 1. The van der Waals surface area contributed by atoms with Gasteiger partial charge in [0.1, 0.15) is 5.75 Å². The summed E-state index contributed by atoms with van der Waals surface area (Å²) >= 11 is 1.37. The number of methoxy groups -OCH3 is 1. The predicted molar refractivity (Wildman–Crippen MR) is 115 cm³/mol. The molecule has 6 nitrogen and oxygen atoms in total. The fourth-order valence-electron chi connectivity index (χ4n) is 2.64. The van der Waals surface area contributed by atoms with Crippen molar-refractivity contribution >= 4 is 40.6 Å². The molecule has 2 aromatic carbocycles. The van der Waals surface area contributed by atoms with E-state index in [1.165, 1.54) is 18.9 Å². The van der Waals surface area contributed by atoms with Crippen LogP contribution in [0.5, 0.6) is 5.75 Å². The molecular weight excluding hydrogens is 388 g/mol. The van der Waals surface area contributed by atoms with E-state index in [1.54, 1.807) is 17.0 Å². The van der Waals surface area contributed by atoms with Crippen molar-refractivity contribution in [1.29, 1.82) is 0 Å². The Hall–Kier alpha value is -3.06. The molecule has 0 spiro atoms. The summed E-state index contributed by atoms with van der Waals surface area (Å²) in [6, 6.07) is 16.8. The number of nitrogens with zero attached hydrogens (tertiary/aromatic N) is 2. The molecule has 29 heavy (non-hydrogen) atoms. The number of esters is 1. The number of aliphatic imine (C=N–C) groups is 1. The van der Waals surface area contributed by atoms with Gasteiger partial charge in [-0.2, -0.15) is 0 Å². The van der Waals surface area contributed by atoms with Crippen LogP contribution in [-0.4, -0.2) is 42.2 Å². The number of carbonyl (C=O) groups excluding carboxylic acids is 2. The molecule has 1 heterocycles. The monoisotopic (exact) mass is 410 g/mol. The molecule has 1 amide bonds. The molecule has 0 radical (unpaired) electrons. The van der Waals surface area contributed by atoms with Crippen molar-refractivity contribution in [2.75, 3.05) is 20.3 Å². The Bertz CT molecular complexity index is 924. The Morgan fingerprint density at radius 2 is 1.86 bits per heavy atom. The Morgan fingerprint density at radius 1 is 1.14 bits per heavy atom. The molecule has 0 aromatic heterocycles. The first-order valence-electron chi connectivity index (χ1n) is 9.25. The minimum Gasteiger partial charge on any atom is -0.482 e. The number of hydrogen-bond donors (Lipinski definition) is 0. The van der Waals surface area contributed by atoms with Crippen LogP contribution in [0.3, 0.4) is 0 Å². The minimum absolute atomic E-state index is 0.0439. The van der Waals surface area contributed by atoms with Crippen molar-refractivity contribution in [3.05, 3.63) is 65.1 Å². The van der Waals surface area contributed by atoms with E-state index in [1.807, 2.05) is 55.5 Å². The third-order valence-electron chi connectivity index (χ3n) is 4.08. The summed E-state index contributed by atoms with van der Waals surface area (Å²) in [5.74, 6) is 0.0739. The fraction of sp³-hybridized carbons (Fsp3) is 0.227. The van der Waals surface area contributed by atoms with E-state index >= 15 is 0 Å². The first-order chi connectivity index (χ1) is 14.1. The van der Waals surface area contributed by atoms with Gasteiger partial charge in [-0.3, -0.25) is 9.69 Å². The van der Waals surface area contributed by atoms with E-state index in [-0.39, 0.29) is 12.5 Å². The third kappa shape index (κ3) is 5.48. The zero-order valence-corrected chi connectivity index (χ0v) is 17.1. The lowest BCUT2D eigenvalue weighted by atomic mass is 10.2. The lowest BCUT2D eigenvalue weighted by Gasteiger charge is -2.13. The molecule has 150 valence electrons. The minimum atomic E-state index is -0.439. The zero-order valence-electron chi connectivity index (χ0n) is 16.3. The van der Waals surface area contributed by atoms with Crippen LogP contribution < -0.4 is 4.74 Å². The fourth-order valence-corrected chi connectivity index (χ4v) is 3.66. The van der Waals surface area contributed by atoms with E-state index < -0.39 is 5.97 Å². The number of para-hydroxylation sites is 1.